The van der Waals surface area contributed by atoms with Gasteiger partial charge in [0.1, 0.15) is 6.10 Å². The molecule has 0 aromatic rings. The Morgan fingerprint density at radius 3 is 2.17 bits per heavy atom. The van der Waals surface area contributed by atoms with Gasteiger partial charge in [-0.2, -0.15) is 0 Å². The van der Waals surface area contributed by atoms with Crippen molar-refractivity contribution in [1.29, 1.82) is 0 Å². The van der Waals surface area contributed by atoms with Crippen molar-refractivity contribution in [1.82, 2.24) is 5.32 Å². The Morgan fingerprint density at radius 1 is 1.08 bits per heavy atom. The van der Waals surface area contributed by atoms with Crippen molar-refractivity contribution in [2.45, 2.75) is 37.3 Å². The molecule has 5 atom stereocenters. The first kappa shape index (κ1) is 9.88. The minimum absolute atomic E-state index is 0.255. The van der Waals surface area contributed by atoms with Crippen LogP contribution >= 0.6 is 0 Å². The highest BCUT2D eigenvalue weighted by atomic mass is 16.4. The van der Waals surface area contributed by atoms with Gasteiger partial charge in [-0.3, -0.25) is 0 Å². The molecular formula is C7H15NO4. The van der Waals surface area contributed by atoms with Crippen LogP contribution in [-0.2, 0) is 0 Å². The van der Waals surface area contributed by atoms with E-state index in [1.807, 2.05) is 0 Å². The van der Waals surface area contributed by atoms with Crippen molar-refractivity contribution in [3.05, 3.63) is 0 Å². The number of aliphatic hydroxyl groups excluding tert-OH is 4. The fourth-order valence-corrected chi connectivity index (χ4v) is 1.43. The van der Waals surface area contributed by atoms with E-state index in [9.17, 15) is 15.3 Å². The molecule has 72 valence electrons. The molecule has 1 heterocycles. The highest BCUT2D eigenvalue weighted by Crippen LogP contribution is 2.14. The fourth-order valence-electron chi connectivity index (χ4n) is 1.43. The molecule has 0 aliphatic carbocycles. The van der Waals surface area contributed by atoms with Gasteiger partial charge in [0.15, 0.2) is 0 Å². The zero-order valence-electron chi connectivity index (χ0n) is 6.88. The van der Waals surface area contributed by atoms with Gasteiger partial charge in [-0.1, -0.05) is 0 Å². The lowest BCUT2D eigenvalue weighted by Gasteiger charge is -2.39. The van der Waals surface area contributed by atoms with Crippen molar-refractivity contribution in [2.75, 3.05) is 6.61 Å². The van der Waals surface area contributed by atoms with Crippen LogP contribution in [0.3, 0.4) is 0 Å². The molecule has 12 heavy (non-hydrogen) atoms. The lowest BCUT2D eigenvalue weighted by molar-refractivity contribution is -0.116. The molecule has 5 heteroatoms. The Labute approximate surface area is 70.6 Å². The minimum atomic E-state index is -1.18. The van der Waals surface area contributed by atoms with Crippen molar-refractivity contribution < 1.29 is 20.4 Å². The van der Waals surface area contributed by atoms with E-state index in [0.717, 1.165) is 0 Å². The van der Waals surface area contributed by atoms with Crippen molar-refractivity contribution in [2.24, 2.45) is 0 Å². The summed E-state index contributed by atoms with van der Waals surface area (Å²) in [7, 11) is 0. The molecule has 1 aliphatic heterocycles. The molecular weight excluding hydrogens is 162 g/mol. The van der Waals surface area contributed by atoms with Crippen LogP contribution in [0.4, 0.5) is 0 Å². The molecule has 0 unspecified atom stereocenters. The minimum Gasteiger partial charge on any atom is -0.395 e. The first-order valence-corrected chi connectivity index (χ1v) is 3.99. The summed E-state index contributed by atoms with van der Waals surface area (Å²) in [4.78, 5) is 0. The highest BCUT2D eigenvalue weighted by Gasteiger charge is 2.39. The van der Waals surface area contributed by atoms with E-state index in [1.54, 1.807) is 6.92 Å². The standard InChI is InChI=1S/C7H15NO4/c1-3-5(10)7(12)6(11)4(2-9)8-3/h3-12H,2H2,1H3/t3-,4+,5-,6+,7+/m1/s1. The van der Waals surface area contributed by atoms with Gasteiger partial charge in [0.2, 0.25) is 0 Å². The van der Waals surface area contributed by atoms with Crippen LogP contribution in [0, 0.1) is 0 Å². The van der Waals surface area contributed by atoms with E-state index in [2.05, 4.69) is 5.32 Å². The molecule has 0 saturated carbocycles. The number of aliphatic hydroxyl groups is 4. The SMILES string of the molecule is C[C@H]1N[C@@H](CO)[C@H](O)[C@@H](O)[C@@H]1O. The average Bonchev–Trinajstić information content (AvgIpc) is 2.08. The Morgan fingerprint density at radius 2 is 1.67 bits per heavy atom. The molecule has 1 rings (SSSR count). The second kappa shape index (κ2) is 3.68. The molecule has 1 fully saturated rings. The summed E-state index contributed by atoms with van der Waals surface area (Å²) in [6, 6.07) is -0.876. The maximum atomic E-state index is 9.29. The normalized spacial score (nSPS) is 49.2. The van der Waals surface area contributed by atoms with E-state index in [-0.39, 0.29) is 12.6 Å². The summed E-state index contributed by atoms with van der Waals surface area (Å²) in [5, 5.41) is 39.4. The van der Waals surface area contributed by atoms with Crippen molar-refractivity contribution in [3.8, 4) is 0 Å². The first-order valence-electron chi connectivity index (χ1n) is 3.99. The third-order valence-corrected chi connectivity index (χ3v) is 2.30. The average molecular weight is 177 g/mol. The summed E-state index contributed by atoms with van der Waals surface area (Å²) >= 11 is 0. The molecule has 0 aromatic heterocycles. The molecule has 5 nitrogen and oxygen atoms in total. The van der Waals surface area contributed by atoms with Gasteiger partial charge in [0.05, 0.1) is 24.9 Å². The molecule has 1 saturated heterocycles. The van der Waals surface area contributed by atoms with E-state index in [0.29, 0.717) is 0 Å². The Balaban J connectivity index is 2.63. The predicted molar refractivity (Wildman–Crippen MR) is 41.5 cm³/mol. The Bertz CT molecular complexity index is 150. The number of piperidine rings is 1. The summed E-state index contributed by atoms with van der Waals surface area (Å²) in [5.74, 6) is 0. The zero-order valence-corrected chi connectivity index (χ0v) is 6.88. The van der Waals surface area contributed by atoms with Gasteiger partial charge in [-0.05, 0) is 6.92 Å². The first-order chi connectivity index (χ1) is 5.57. The quantitative estimate of drug-likeness (QED) is 0.303. The van der Waals surface area contributed by atoms with Crippen LogP contribution in [-0.4, -0.2) is 57.4 Å². The fraction of sp³-hybridized carbons (Fsp3) is 1.00. The van der Waals surface area contributed by atoms with Gasteiger partial charge in [-0.25, -0.2) is 0 Å². The van der Waals surface area contributed by atoms with Crippen LogP contribution in [0.2, 0.25) is 0 Å². The highest BCUT2D eigenvalue weighted by molar-refractivity contribution is 4.96. The Kier molecular flexibility index (Phi) is 3.03. The Hall–Kier alpha value is -0.200. The monoisotopic (exact) mass is 177 g/mol. The van der Waals surface area contributed by atoms with Crippen LogP contribution in [0.25, 0.3) is 0 Å². The van der Waals surface area contributed by atoms with Gasteiger partial charge < -0.3 is 25.7 Å². The lowest BCUT2D eigenvalue weighted by atomic mass is 9.91. The molecule has 0 bridgehead atoms. The maximum absolute atomic E-state index is 9.29. The summed E-state index contributed by atoms with van der Waals surface area (Å²) in [6.07, 6.45) is -3.28. The largest absolute Gasteiger partial charge is 0.395 e. The second-order valence-corrected chi connectivity index (χ2v) is 3.22. The van der Waals surface area contributed by atoms with Gasteiger partial charge in [0, 0.05) is 6.04 Å². The number of hydrogen-bond donors (Lipinski definition) is 5. The summed E-state index contributed by atoms with van der Waals surface area (Å²) < 4.78 is 0. The lowest BCUT2D eigenvalue weighted by Crippen LogP contribution is -2.64. The molecule has 0 amide bonds. The van der Waals surface area contributed by atoms with Gasteiger partial charge in [0.25, 0.3) is 0 Å². The third kappa shape index (κ3) is 1.60. The topological polar surface area (TPSA) is 93.0 Å². The zero-order chi connectivity index (χ0) is 9.30. The van der Waals surface area contributed by atoms with E-state index in [1.165, 1.54) is 0 Å². The van der Waals surface area contributed by atoms with Gasteiger partial charge >= 0.3 is 0 Å². The van der Waals surface area contributed by atoms with Crippen LogP contribution in [0.15, 0.2) is 0 Å². The van der Waals surface area contributed by atoms with Crippen molar-refractivity contribution in [3.63, 3.8) is 0 Å². The number of rotatable bonds is 1. The van der Waals surface area contributed by atoms with E-state index < -0.39 is 24.4 Å². The smallest absolute Gasteiger partial charge is 0.109 e. The van der Waals surface area contributed by atoms with Crippen molar-refractivity contribution >= 4 is 0 Å². The molecule has 1 aliphatic rings. The van der Waals surface area contributed by atoms with E-state index in [4.69, 9.17) is 5.11 Å². The number of nitrogens with one attached hydrogen (secondary N) is 1. The van der Waals surface area contributed by atoms with Crippen LogP contribution in [0.5, 0.6) is 0 Å². The second-order valence-electron chi connectivity index (χ2n) is 3.22. The molecule has 0 radical (unpaired) electrons. The predicted octanol–water partition coefficient (Wildman–Crippen LogP) is -2.58. The summed E-state index contributed by atoms with van der Waals surface area (Å²) in [6.45, 7) is 1.43. The molecule has 0 aromatic carbocycles. The molecule has 5 N–H and O–H groups in total. The van der Waals surface area contributed by atoms with Gasteiger partial charge in [-0.15, -0.1) is 0 Å². The molecule has 0 spiro atoms. The maximum Gasteiger partial charge on any atom is 0.109 e. The van der Waals surface area contributed by atoms with Crippen LogP contribution < -0.4 is 5.32 Å². The summed E-state index contributed by atoms with van der Waals surface area (Å²) in [5.41, 5.74) is 0. The third-order valence-electron chi connectivity index (χ3n) is 2.30. The van der Waals surface area contributed by atoms with Crippen LogP contribution in [0.1, 0.15) is 6.92 Å². The number of hydrogen-bond acceptors (Lipinski definition) is 5. The van der Waals surface area contributed by atoms with E-state index >= 15 is 0 Å².